The molecule has 178 valence electrons. The first-order valence-electron chi connectivity index (χ1n) is 10.3. The highest BCUT2D eigenvalue weighted by Gasteiger charge is 2.32. The number of alkyl halides is 3. The van der Waals surface area contributed by atoms with Gasteiger partial charge in [-0.25, -0.2) is 13.1 Å². The molecule has 1 aliphatic rings. The molecule has 1 heterocycles. The van der Waals surface area contributed by atoms with Crippen LogP contribution in [0.2, 0.25) is 0 Å². The number of benzene rings is 1. The van der Waals surface area contributed by atoms with Crippen LogP contribution in [-0.2, 0) is 10.0 Å². The molecule has 2 aromatic rings. The minimum atomic E-state index is -4.78. The van der Waals surface area contributed by atoms with Crippen molar-refractivity contribution in [1.82, 2.24) is 14.9 Å². The molecule has 2 N–H and O–H groups in total. The third-order valence-corrected chi connectivity index (χ3v) is 7.45. The normalized spacial score (nSPS) is 20.2. The van der Waals surface area contributed by atoms with Crippen LogP contribution in [0.15, 0.2) is 28.8 Å². The Morgan fingerprint density at radius 1 is 1.16 bits per heavy atom. The highest BCUT2D eigenvalue weighted by atomic mass is 32.2. The summed E-state index contributed by atoms with van der Waals surface area (Å²) in [5.74, 6) is 0.0277. The first-order chi connectivity index (χ1) is 14.8. The van der Waals surface area contributed by atoms with Gasteiger partial charge < -0.3 is 14.6 Å². The number of nitrogens with one attached hydrogen (secondary N) is 2. The Morgan fingerprint density at radius 2 is 1.84 bits per heavy atom. The van der Waals surface area contributed by atoms with Gasteiger partial charge in [-0.15, -0.1) is 13.2 Å². The minimum absolute atomic E-state index is 0.0821. The van der Waals surface area contributed by atoms with Gasteiger partial charge in [0.05, 0.1) is 4.75 Å². The number of ether oxygens (including phenoxy) is 1. The molecule has 0 atom stereocenters. The molecular formula is C20H27F3N4O4S. The zero-order chi connectivity index (χ0) is 23.6. The van der Waals surface area contributed by atoms with Gasteiger partial charge in [-0.2, -0.15) is 4.98 Å². The van der Waals surface area contributed by atoms with Crippen molar-refractivity contribution in [1.29, 1.82) is 0 Å². The molecule has 0 bridgehead atoms. The van der Waals surface area contributed by atoms with E-state index in [1.165, 1.54) is 18.2 Å². The molecule has 1 saturated carbocycles. The molecule has 8 nitrogen and oxygen atoms in total. The second-order valence-corrected chi connectivity index (χ2v) is 11.3. The molecular weight excluding hydrogens is 449 g/mol. The van der Waals surface area contributed by atoms with Crippen LogP contribution in [0.4, 0.5) is 19.2 Å². The SMILES string of the molecule is CC(C)(C)S(=O)(=O)NCC1CCC(Nc2nc(-c3cccc(OC(F)(F)F)c3)no2)CC1. The van der Waals surface area contributed by atoms with Crippen LogP contribution in [0.3, 0.4) is 0 Å². The Labute approximate surface area is 185 Å². The number of sulfonamides is 1. The molecule has 3 rings (SSSR count). The number of rotatable bonds is 7. The van der Waals surface area contributed by atoms with Crippen molar-refractivity contribution in [2.45, 2.75) is 63.6 Å². The number of aromatic nitrogens is 2. The molecule has 1 aliphatic carbocycles. The quantitative estimate of drug-likeness (QED) is 0.613. The minimum Gasteiger partial charge on any atom is -0.406 e. The summed E-state index contributed by atoms with van der Waals surface area (Å²) in [6.45, 7) is 5.39. The summed E-state index contributed by atoms with van der Waals surface area (Å²) in [5, 5.41) is 6.97. The summed E-state index contributed by atoms with van der Waals surface area (Å²) in [5.41, 5.74) is 0.332. The lowest BCUT2D eigenvalue weighted by molar-refractivity contribution is -0.274. The molecule has 12 heteroatoms. The van der Waals surface area contributed by atoms with Gasteiger partial charge in [-0.05, 0) is 64.5 Å². The number of halogens is 3. The highest BCUT2D eigenvalue weighted by molar-refractivity contribution is 7.90. The zero-order valence-corrected chi connectivity index (χ0v) is 18.9. The third-order valence-electron chi connectivity index (χ3n) is 5.29. The maximum atomic E-state index is 12.4. The number of hydrogen-bond acceptors (Lipinski definition) is 7. The van der Waals surface area contributed by atoms with E-state index in [4.69, 9.17) is 4.52 Å². The van der Waals surface area contributed by atoms with E-state index in [9.17, 15) is 21.6 Å². The molecule has 1 aromatic carbocycles. The van der Waals surface area contributed by atoms with Gasteiger partial charge in [0.25, 0.3) is 0 Å². The van der Waals surface area contributed by atoms with Crippen LogP contribution in [0, 0.1) is 5.92 Å². The van der Waals surface area contributed by atoms with Gasteiger partial charge in [-0.1, -0.05) is 17.3 Å². The lowest BCUT2D eigenvalue weighted by Crippen LogP contribution is -2.42. The van der Waals surface area contributed by atoms with Crippen LogP contribution in [0.5, 0.6) is 5.75 Å². The molecule has 0 spiro atoms. The van der Waals surface area contributed by atoms with Gasteiger partial charge in [0.2, 0.25) is 15.8 Å². The fourth-order valence-electron chi connectivity index (χ4n) is 3.36. The molecule has 0 aliphatic heterocycles. The Balaban J connectivity index is 1.51. The Hall–Kier alpha value is -2.34. The fourth-order valence-corrected chi connectivity index (χ4v) is 4.25. The summed E-state index contributed by atoms with van der Waals surface area (Å²) < 4.78 is 72.6. The van der Waals surface area contributed by atoms with Crippen molar-refractivity contribution in [3.8, 4) is 17.1 Å². The van der Waals surface area contributed by atoms with Crippen LogP contribution in [0.25, 0.3) is 11.4 Å². The maximum Gasteiger partial charge on any atom is 0.573 e. The average molecular weight is 477 g/mol. The van der Waals surface area contributed by atoms with Crippen LogP contribution in [-0.4, -0.2) is 42.3 Å². The number of anilines is 1. The molecule has 0 amide bonds. The Morgan fingerprint density at radius 3 is 2.47 bits per heavy atom. The average Bonchev–Trinajstić information content (AvgIpc) is 3.14. The van der Waals surface area contributed by atoms with Gasteiger partial charge in [0.15, 0.2) is 0 Å². The van der Waals surface area contributed by atoms with Gasteiger partial charge in [0, 0.05) is 18.2 Å². The lowest BCUT2D eigenvalue weighted by atomic mass is 9.86. The van der Waals surface area contributed by atoms with E-state index in [0.717, 1.165) is 25.7 Å². The smallest absolute Gasteiger partial charge is 0.406 e. The van der Waals surface area contributed by atoms with Crippen LogP contribution >= 0.6 is 0 Å². The van der Waals surface area contributed by atoms with E-state index in [-0.39, 0.29) is 29.5 Å². The zero-order valence-electron chi connectivity index (χ0n) is 18.1. The van der Waals surface area contributed by atoms with Gasteiger partial charge in [0.1, 0.15) is 5.75 Å². The van der Waals surface area contributed by atoms with E-state index in [1.54, 1.807) is 26.8 Å². The van der Waals surface area contributed by atoms with Crippen molar-refractivity contribution >= 4 is 16.0 Å². The monoisotopic (exact) mass is 476 g/mol. The van der Waals surface area contributed by atoms with E-state index in [0.29, 0.717) is 12.1 Å². The summed E-state index contributed by atoms with van der Waals surface area (Å²) in [7, 11) is -3.37. The van der Waals surface area contributed by atoms with E-state index in [2.05, 4.69) is 24.9 Å². The summed E-state index contributed by atoms with van der Waals surface area (Å²) in [6, 6.07) is 5.61. The Bertz CT molecular complexity index is 1010. The second-order valence-electron chi connectivity index (χ2n) is 8.83. The summed E-state index contributed by atoms with van der Waals surface area (Å²) in [6.07, 6.45) is -1.51. The molecule has 0 saturated heterocycles. The van der Waals surface area contributed by atoms with Crippen molar-refractivity contribution in [3.05, 3.63) is 24.3 Å². The lowest BCUT2D eigenvalue weighted by Gasteiger charge is -2.29. The van der Waals surface area contributed by atoms with Crippen LogP contribution < -0.4 is 14.8 Å². The topological polar surface area (TPSA) is 106 Å². The van der Waals surface area contributed by atoms with Crippen molar-refractivity contribution in [3.63, 3.8) is 0 Å². The predicted molar refractivity (Wildman–Crippen MR) is 112 cm³/mol. The molecule has 0 unspecified atom stereocenters. The van der Waals surface area contributed by atoms with E-state index < -0.39 is 21.1 Å². The largest absolute Gasteiger partial charge is 0.573 e. The molecule has 1 aromatic heterocycles. The fraction of sp³-hybridized carbons (Fsp3) is 0.600. The van der Waals surface area contributed by atoms with Crippen molar-refractivity contribution in [2.24, 2.45) is 5.92 Å². The predicted octanol–water partition coefficient (Wildman–Crippen LogP) is 4.32. The number of nitrogens with zero attached hydrogens (tertiary/aromatic N) is 2. The van der Waals surface area contributed by atoms with Crippen LogP contribution in [0.1, 0.15) is 46.5 Å². The van der Waals surface area contributed by atoms with E-state index in [1.807, 2.05) is 0 Å². The second kappa shape index (κ2) is 9.26. The first kappa shape index (κ1) is 24.3. The highest BCUT2D eigenvalue weighted by Crippen LogP contribution is 2.29. The molecule has 1 fully saturated rings. The first-order valence-corrected chi connectivity index (χ1v) is 11.8. The Kier molecular flexibility index (Phi) is 7.03. The van der Waals surface area contributed by atoms with E-state index >= 15 is 0 Å². The standard InChI is InChI=1S/C20H27F3N4O4S/c1-19(2,3)32(28,29)24-12-13-7-9-15(10-8-13)25-18-26-17(27-31-18)14-5-4-6-16(11-14)30-20(21,22)23/h4-6,11,13,15,24H,7-10,12H2,1-3H3,(H,25,26,27). The third kappa shape index (κ3) is 6.58. The summed E-state index contributed by atoms with van der Waals surface area (Å²) in [4.78, 5) is 4.21. The molecule has 32 heavy (non-hydrogen) atoms. The van der Waals surface area contributed by atoms with Crippen molar-refractivity contribution in [2.75, 3.05) is 11.9 Å². The maximum absolute atomic E-state index is 12.4. The van der Waals surface area contributed by atoms with Gasteiger partial charge >= 0.3 is 12.4 Å². The van der Waals surface area contributed by atoms with Gasteiger partial charge in [-0.3, -0.25) is 0 Å². The van der Waals surface area contributed by atoms with Crippen molar-refractivity contribution < 1.29 is 30.8 Å². The summed E-state index contributed by atoms with van der Waals surface area (Å²) >= 11 is 0. The number of hydrogen-bond donors (Lipinski definition) is 2. The molecule has 0 radical (unpaired) electrons.